The first-order valence-electron chi connectivity index (χ1n) is 38.7. The number of nitrogens with one attached hydrogen (secondary N) is 3. The Morgan fingerprint density at radius 2 is 1.00 bits per heavy atom. The molecule has 0 spiro atoms. The van der Waals surface area contributed by atoms with Crippen LogP contribution in [0.15, 0.2) is 261 Å². The lowest BCUT2D eigenvalue weighted by Crippen LogP contribution is -2.24. The molecule has 2 saturated heterocycles. The molecule has 592 valence electrons. The molecule has 1 amide bonds. The number of ether oxygens (including phenoxy) is 2. The lowest BCUT2D eigenvalue weighted by Gasteiger charge is -2.18. The first kappa shape index (κ1) is 85.5. The summed E-state index contributed by atoms with van der Waals surface area (Å²) in [6.07, 6.45) is 20.3. The summed E-state index contributed by atoms with van der Waals surface area (Å²) in [6, 6.07) is 16.9. The normalized spacial score (nSPS) is 21.9. The molecule has 14 rings (SSSR count). The highest BCUT2D eigenvalue weighted by atomic mass is 33.1. The molecule has 12 aliphatic rings. The van der Waals surface area contributed by atoms with Crippen LogP contribution in [-0.2, 0) is 32.3 Å². The standard InChI is InChI=1S/C45H53N5O3S2.C44H50N4O3S4.2CH4/c1-9-16-54-55-23-46-41(52)15-14-32-26(5)35-19-36-27(6)42(29(8)53-22-30-13-11-12-24(3)17-30)39(48-36)21-34-25(4)31(10-2)38(47-34)20-37-28(7)43-40(51)18-33(44(32)49-35)45(43)50-37;1-9-30-24(3)33-19-38-41(28(7)51-20-29-12-10-11-23(2)15-29)26(5)35(46-38)17-34-25(4)31(13-14-40(50)53-22-55-54-21-52-8)43(47-34)32-16-39(49)42-27(6)36(48-44(32)42)18-37(30)45-33;;/h11-13,17,19-21,26,29,32,49,51H,9-10,14-16,18,22-23H2,1-8H3,(H,46,52);10-12,15,17-19,25,28,31,47,49H,9,13-14,16,20-22H2,1-8H3;2*1H4/t26?,29?,32-;25?,28?,31-;;/m00../s1. The van der Waals surface area contributed by atoms with Gasteiger partial charge in [0, 0.05) is 116 Å². The number of thioether (sulfide) groups is 2. The number of hydrogen-bond acceptors (Lipinski definition) is 20. The van der Waals surface area contributed by atoms with Crippen molar-refractivity contribution in [1.82, 2.24) is 16.0 Å². The van der Waals surface area contributed by atoms with Crippen LogP contribution in [-0.4, -0.2) is 95.8 Å². The Kier molecular flexibility index (Phi) is 28.6. The Morgan fingerprint density at radius 1 is 0.554 bits per heavy atom. The Labute approximate surface area is 689 Å². The second-order valence-electron chi connectivity index (χ2n) is 30.0. The molecule has 2 aromatic carbocycles. The fourth-order valence-electron chi connectivity index (χ4n) is 16.7. The van der Waals surface area contributed by atoms with Crippen LogP contribution in [0.2, 0.25) is 0 Å². The van der Waals surface area contributed by atoms with Crippen molar-refractivity contribution in [3.05, 3.63) is 254 Å². The molecule has 0 saturated carbocycles. The molecule has 2 aliphatic carbocycles. The largest absolute Gasteiger partial charge is 0.511 e. The molecule has 5 N–H and O–H groups in total. The molecule has 0 aromatic heterocycles. The van der Waals surface area contributed by atoms with Crippen LogP contribution in [0.25, 0.3) is 0 Å². The molecule has 4 unspecified atom stereocenters. The summed E-state index contributed by atoms with van der Waals surface area (Å²) < 4.78 is 13.2. The van der Waals surface area contributed by atoms with Crippen LogP contribution in [0.4, 0.5) is 0 Å². The Morgan fingerprint density at radius 3 is 1.45 bits per heavy atom. The van der Waals surface area contributed by atoms with Crippen molar-refractivity contribution in [2.75, 3.05) is 28.1 Å². The van der Waals surface area contributed by atoms with Gasteiger partial charge in [-0.25, -0.2) is 30.0 Å². The predicted octanol–water partition coefficient (Wildman–Crippen LogP) is 22.8. The maximum Gasteiger partial charge on any atom is 0.220 e. The minimum atomic E-state index is -0.221. The fraction of sp³-hybridized carbons (Fsp3) is 0.429. The number of carbonyl (C=O) groups excluding carboxylic acids is 2. The van der Waals surface area contributed by atoms with Crippen molar-refractivity contribution in [3.63, 3.8) is 0 Å². The average molecular weight is 1620 g/mol. The van der Waals surface area contributed by atoms with E-state index >= 15 is 0 Å². The van der Waals surface area contributed by atoms with E-state index < -0.39 is 0 Å². The van der Waals surface area contributed by atoms with Crippen molar-refractivity contribution in [1.29, 1.82) is 0 Å². The van der Waals surface area contributed by atoms with E-state index in [1.54, 1.807) is 54.9 Å². The van der Waals surface area contributed by atoms with Gasteiger partial charge in [-0.3, -0.25) is 9.59 Å². The molecular weight excluding hydrogens is 1510 g/mol. The van der Waals surface area contributed by atoms with Gasteiger partial charge in [0.25, 0.3) is 0 Å². The summed E-state index contributed by atoms with van der Waals surface area (Å²) in [5.74, 6) is 2.64. The maximum atomic E-state index is 13.2. The quantitative estimate of drug-likeness (QED) is 0.0338. The van der Waals surface area contributed by atoms with E-state index in [0.29, 0.717) is 69.1 Å². The van der Waals surface area contributed by atoms with Crippen molar-refractivity contribution < 1.29 is 29.3 Å². The molecule has 10 aliphatic heterocycles. The van der Waals surface area contributed by atoms with Crippen LogP contribution < -0.4 is 16.0 Å². The van der Waals surface area contributed by atoms with E-state index in [-0.39, 0.29) is 61.8 Å². The number of allylic oxidation sites excluding steroid dienone is 22. The Balaban J connectivity index is 0.000000218. The van der Waals surface area contributed by atoms with E-state index in [1.807, 2.05) is 13.8 Å². The lowest BCUT2D eigenvalue weighted by molar-refractivity contribution is -0.121. The number of carbonyl (C=O) groups is 2. The van der Waals surface area contributed by atoms with Crippen LogP contribution in [0.5, 0.6) is 0 Å². The highest BCUT2D eigenvalue weighted by Gasteiger charge is 2.44. The number of aliphatic imine (C=N–C) groups is 6. The number of nitrogens with zero attached hydrogens (tertiary/aromatic N) is 6. The third kappa shape index (κ3) is 18.0. The summed E-state index contributed by atoms with van der Waals surface area (Å²) in [7, 11) is 7.02. The van der Waals surface area contributed by atoms with E-state index in [4.69, 9.17) is 39.4 Å². The minimum absolute atomic E-state index is 0. The number of aliphatic hydroxyl groups is 2. The van der Waals surface area contributed by atoms with Crippen LogP contribution in [0.1, 0.15) is 185 Å². The van der Waals surface area contributed by atoms with Crippen LogP contribution >= 0.6 is 66.7 Å². The number of hydrogen-bond donors (Lipinski definition) is 5. The van der Waals surface area contributed by atoms with E-state index in [2.05, 4.69) is 197 Å². The molecular formula is C91H111N9O6S6. The molecule has 112 heavy (non-hydrogen) atoms. The lowest BCUT2D eigenvalue weighted by atomic mass is 9.86. The maximum absolute atomic E-state index is 13.2. The van der Waals surface area contributed by atoms with Crippen molar-refractivity contribution >= 4 is 112 Å². The highest BCUT2D eigenvalue weighted by Crippen LogP contribution is 2.50. The summed E-state index contributed by atoms with van der Waals surface area (Å²) in [4.78, 5) is 57.7. The first-order chi connectivity index (χ1) is 53.0. The third-order valence-corrected chi connectivity index (χ3v) is 30.2. The molecule has 10 heterocycles. The van der Waals surface area contributed by atoms with Gasteiger partial charge in [0.15, 0.2) is 5.12 Å². The summed E-state index contributed by atoms with van der Waals surface area (Å²) in [5, 5.41) is 35.7. The summed E-state index contributed by atoms with van der Waals surface area (Å²) in [5.41, 5.74) is 33.7. The molecule has 2 aromatic rings. The number of amides is 1. The number of aryl methyl sites for hydroxylation is 2. The van der Waals surface area contributed by atoms with Gasteiger partial charge < -0.3 is 35.6 Å². The number of rotatable bonds is 26. The molecule has 2 fully saturated rings. The summed E-state index contributed by atoms with van der Waals surface area (Å²) in [6.45, 7) is 33.0. The number of aliphatic hydroxyl groups excluding tert-OH is 2. The number of fused-ring (bicyclic) bond motifs is 10. The second-order valence-corrected chi connectivity index (χ2v) is 37.7. The zero-order valence-corrected chi connectivity index (χ0v) is 71.2. The zero-order valence-electron chi connectivity index (χ0n) is 66.3. The third-order valence-electron chi connectivity index (χ3n) is 22.7. The van der Waals surface area contributed by atoms with Crippen molar-refractivity contribution in [3.8, 4) is 0 Å². The topological polar surface area (TPSA) is 203 Å². The van der Waals surface area contributed by atoms with E-state index in [1.165, 1.54) is 34.0 Å². The Bertz CT molecular complexity index is 4660. The smallest absolute Gasteiger partial charge is 0.220 e. The van der Waals surface area contributed by atoms with Gasteiger partial charge in [-0.2, -0.15) is 11.8 Å². The van der Waals surface area contributed by atoms with Gasteiger partial charge in [0.2, 0.25) is 5.91 Å². The summed E-state index contributed by atoms with van der Waals surface area (Å²) >= 11 is 3.21. The van der Waals surface area contributed by atoms with Crippen LogP contribution in [0, 0.1) is 37.5 Å². The van der Waals surface area contributed by atoms with Crippen molar-refractivity contribution in [2.45, 2.75) is 202 Å². The molecule has 6 atom stereocenters. The highest BCUT2D eigenvalue weighted by molar-refractivity contribution is 8.79. The SMILES string of the molecule is C.C.CCC1=C(C)C2=NC1=CC1=C(C)C3=C(O)CC(=C4NC(=CC5=NC(=C2)C(C(C)OCc2cccc(C)c2)=C5C)C(C)[C@@H]4CCC(=O)SCSSCSC)C3=N1.CCCSSCNC(=O)CC[C@@H]1C2=C3CC(O)=C4C3=NC(=C4C)C=C3N=C(C=C4N=C(C=C(N2)C1C)C(C)=C4C(C)OCc1cccc(C)c1)C(C)=C3CC. The molecule has 15 nitrogen and oxygen atoms in total. The van der Waals surface area contributed by atoms with Gasteiger partial charge >= 0.3 is 0 Å². The predicted molar refractivity (Wildman–Crippen MR) is 481 cm³/mol. The molecule has 16 bridgehead atoms. The van der Waals surface area contributed by atoms with Crippen LogP contribution in [0.3, 0.4) is 0 Å². The number of benzene rings is 2. The molecule has 0 radical (unpaired) electrons. The van der Waals surface area contributed by atoms with Gasteiger partial charge in [-0.1, -0.05) is 164 Å². The minimum Gasteiger partial charge on any atom is -0.511 e. The average Bonchev–Trinajstić information content (AvgIpc) is 1.59. The first-order valence-corrected chi connectivity index (χ1v) is 46.0. The monoisotopic (exact) mass is 1620 g/mol. The van der Waals surface area contributed by atoms with E-state index in [9.17, 15) is 19.8 Å². The fourth-order valence-corrected chi connectivity index (χ4v) is 23.0. The Hall–Kier alpha value is -7.34. The van der Waals surface area contributed by atoms with Gasteiger partial charge in [0.05, 0.1) is 105 Å². The van der Waals surface area contributed by atoms with Gasteiger partial charge in [0.1, 0.15) is 11.5 Å². The van der Waals surface area contributed by atoms with E-state index in [0.717, 1.165) is 204 Å². The zero-order chi connectivity index (χ0) is 77.9. The van der Waals surface area contributed by atoms with Gasteiger partial charge in [-0.15, -0.1) is 0 Å². The molecule has 21 heteroatoms. The van der Waals surface area contributed by atoms with Crippen molar-refractivity contribution in [2.24, 2.45) is 53.6 Å². The van der Waals surface area contributed by atoms with Gasteiger partial charge in [-0.05, 0) is 200 Å². The second kappa shape index (κ2) is 37.5.